The van der Waals surface area contributed by atoms with Crippen LogP contribution in [0.2, 0.25) is 0 Å². The summed E-state index contributed by atoms with van der Waals surface area (Å²) in [6, 6.07) is 13.4. The van der Waals surface area contributed by atoms with E-state index in [9.17, 15) is 9.18 Å². The molecule has 0 bridgehead atoms. The number of halogens is 1. The lowest BCUT2D eigenvalue weighted by Crippen LogP contribution is -2.10. The third-order valence-corrected chi connectivity index (χ3v) is 3.37. The predicted molar refractivity (Wildman–Crippen MR) is 94.7 cm³/mol. The molecule has 0 spiro atoms. The second kappa shape index (κ2) is 11.1. The van der Waals surface area contributed by atoms with Gasteiger partial charge in [-0.25, -0.2) is 4.39 Å². The summed E-state index contributed by atoms with van der Waals surface area (Å²) < 4.78 is 17.6. The maximum atomic E-state index is 13.0. The van der Waals surface area contributed by atoms with E-state index in [0.717, 1.165) is 30.2 Å². The second-order valence-electron chi connectivity index (χ2n) is 4.91. The minimum absolute atomic E-state index is 0.205. The van der Waals surface area contributed by atoms with Gasteiger partial charge < -0.3 is 4.74 Å². The number of aromatic nitrogens is 1. The Morgan fingerprint density at radius 1 is 1.12 bits per heavy atom. The Balaban J connectivity index is 0.000000300. The van der Waals surface area contributed by atoms with Crippen LogP contribution >= 0.6 is 0 Å². The molecule has 2 aromatic rings. The summed E-state index contributed by atoms with van der Waals surface area (Å²) >= 11 is 0. The number of benzene rings is 1. The van der Waals surface area contributed by atoms with E-state index in [1.54, 1.807) is 6.20 Å². The monoisotopic (exact) mass is 329 g/mol. The van der Waals surface area contributed by atoms with E-state index in [1.807, 2.05) is 56.3 Å². The maximum absolute atomic E-state index is 13.0. The number of allylic oxidation sites excluding steroid dienone is 1. The summed E-state index contributed by atoms with van der Waals surface area (Å²) in [5, 5.41) is 0. The van der Waals surface area contributed by atoms with Gasteiger partial charge in [-0.05, 0) is 30.0 Å². The number of rotatable bonds is 2. The molecule has 24 heavy (non-hydrogen) atoms. The highest BCUT2D eigenvalue weighted by Gasteiger charge is 2.24. The molecule has 0 saturated carbocycles. The average Bonchev–Trinajstić information content (AvgIpc) is 3.15. The van der Waals surface area contributed by atoms with Crippen molar-refractivity contribution in [2.75, 3.05) is 7.11 Å². The Morgan fingerprint density at radius 3 is 2.21 bits per heavy atom. The van der Waals surface area contributed by atoms with Crippen LogP contribution in [0.15, 0.2) is 60.9 Å². The SMILES string of the molecule is CC.COC(=O)C1C=C(c2cncc(F)c2)CC1.c1ccccc1. The third-order valence-electron chi connectivity index (χ3n) is 3.37. The molecule has 3 nitrogen and oxygen atoms in total. The van der Waals surface area contributed by atoms with Crippen molar-refractivity contribution in [3.8, 4) is 0 Å². The zero-order valence-corrected chi connectivity index (χ0v) is 14.4. The Labute approximate surface area is 143 Å². The van der Waals surface area contributed by atoms with Crippen molar-refractivity contribution in [2.45, 2.75) is 26.7 Å². The summed E-state index contributed by atoms with van der Waals surface area (Å²) in [6.07, 6.45) is 6.08. The first kappa shape index (κ1) is 19.6. The van der Waals surface area contributed by atoms with Crippen LogP contribution in [-0.2, 0) is 9.53 Å². The number of methoxy groups -OCH3 is 1. The van der Waals surface area contributed by atoms with E-state index in [-0.39, 0.29) is 17.7 Å². The van der Waals surface area contributed by atoms with Gasteiger partial charge in [-0.1, -0.05) is 56.3 Å². The largest absolute Gasteiger partial charge is 0.469 e. The molecule has 0 aliphatic heterocycles. The fourth-order valence-electron chi connectivity index (χ4n) is 2.27. The first-order valence-electron chi connectivity index (χ1n) is 8.10. The summed E-state index contributed by atoms with van der Waals surface area (Å²) in [6.45, 7) is 4.00. The highest BCUT2D eigenvalue weighted by atomic mass is 19.1. The van der Waals surface area contributed by atoms with E-state index in [1.165, 1.54) is 13.2 Å². The Bertz CT molecular complexity index is 614. The van der Waals surface area contributed by atoms with E-state index in [0.29, 0.717) is 0 Å². The van der Waals surface area contributed by atoms with E-state index >= 15 is 0 Å². The summed E-state index contributed by atoms with van der Waals surface area (Å²) in [5.41, 5.74) is 1.70. The average molecular weight is 329 g/mol. The minimum Gasteiger partial charge on any atom is -0.469 e. The van der Waals surface area contributed by atoms with Gasteiger partial charge in [0.1, 0.15) is 5.82 Å². The van der Waals surface area contributed by atoms with Crippen LogP contribution in [0.4, 0.5) is 4.39 Å². The Hall–Kier alpha value is -2.49. The molecule has 3 rings (SSSR count). The van der Waals surface area contributed by atoms with Gasteiger partial charge in [0.15, 0.2) is 0 Å². The highest BCUT2D eigenvalue weighted by molar-refractivity contribution is 5.80. The molecule has 128 valence electrons. The standard InChI is InChI=1S/C12H12FNO2.C6H6.C2H6/c1-16-12(15)9-3-2-8(4-9)10-5-11(13)7-14-6-10;1-2-4-6-5-3-1;1-2/h4-7,9H,2-3H2,1H3;1-6H;1-2H3. The third kappa shape index (κ3) is 6.32. The highest BCUT2D eigenvalue weighted by Crippen LogP contribution is 2.31. The van der Waals surface area contributed by atoms with Crippen LogP contribution < -0.4 is 0 Å². The minimum atomic E-state index is -0.361. The van der Waals surface area contributed by atoms with Gasteiger partial charge in [0.25, 0.3) is 0 Å². The Kier molecular flexibility index (Phi) is 9.05. The number of pyridine rings is 1. The molecular formula is C20H24FNO2. The van der Waals surface area contributed by atoms with Crippen molar-refractivity contribution >= 4 is 11.5 Å². The first-order valence-corrected chi connectivity index (χ1v) is 8.10. The Morgan fingerprint density at radius 2 is 1.71 bits per heavy atom. The molecule has 1 aliphatic rings. The zero-order chi connectivity index (χ0) is 17.8. The molecule has 0 radical (unpaired) electrons. The molecule has 1 aromatic carbocycles. The lowest BCUT2D eigenvalue weighted by atomic mass is 10.1. The number of ether oxygens (including phenoxy) is 1. The maximum Gasteiger partial charge on any atom is 0.312 e. The zero-order valence-electron chi connectivity index (χ0n) is 14.4. The van der Waals surface area contributed by atoms with Gasteiger partial charge in [0, 0.05) is 6.20 Å². The van der Waals surface area contributed by atoms with Gasteiger partial charge in [-0.2, -0.15) is 0 Å². The van der Waals surface area contributed by atoms with Crippen LogP contribution in [0, 0.1) is 11.7 Å². The van der Waals surface area contributed by atoms with Crippen LogP contribution in [0.1, 0.15) is 32.3 Å². The summed E-state index contributed by atoms with van der Waals surface area (Å²) in [5.74, 6) is -0.803. The van der Waals surface area contributed by atoms with E-state index in [2.05, 4.69) is 9.72 Å². The molecule has 1 unspecified atom stereocenters. The van der Waals surface area contributed by atoms with Gasteiger partial charge in [-0.15, -0.1) is 0 Å². The van der Waals surface area contributed by atoms with Crippen molar-refractivity contribution in [3.05, 3.63) is 72.3 Å². The van der Waals surface area contributed by atoms with Gasteiger partial charge in [0.05, 0.1) is 19.2 Å². The van der Waals surface area contributed by atoms with Gasteiger partial charge in [0.2, 0.25) is 0 Å². The molecule has 1 aliphatic carbocycles. The molecule has 4 heteroatoms. The van der Waals surface area contributed by atoms with Crippen molar-refractivity contribution in [1.82, 2.24) is 4.98 Å². The second-order valence-corrected chi connectivity index (χ2v) is 4.91. The van der Waals surface area contributed by atoms with Crippen molar-refractivity contribution in [1.29, 1.82) is 0 Å². The predicted octanol–water partition coefficient (Wildman–Crippen LogP) is 4.90. The number of esters is 1. The van der Waals surface area contributed by atoms with Crippen LogP contribution in [0.5, 0.6) is 0 Å². The molecule has 0 fully saturated rings. The fraction of sp³-hybridized carbons (Fsp3) is 0.300. The molecule has 0 N–H and O–H groups in total. The van der Waals surface area contributed by atoms with Crippen molar-refractivity contribution < 1.29 is 13.9 Å². The normalized spacial score (nSPS) is 15.2. The lowest BCUT2D eigenvalue weighted by molar-refractivity contribution is -0.143. The number of hydrogen-bond acceptors (Lipinski definition) is 3. The number of carbonyl (C=O) groups excluding carboxylic acids is 1. The molecule has 1 aromatic heterocycles. The van der Waals surface area contributed by atoms with E-state index < -0.39 is 0 Å². The molecule has 0 saturated heterocycles. The van der Waals surface area contributed by atoms with Crippen LogP contribution in [-0.4, -0.2) is 18.1 Å². The summed E-state index contributed by atoms with van der Waals surface area (Å²) in [7, 11) is 1.37. The van der Waals surface area contributed by atoms with Gasteiger partial charge in [-0.3, -0.25) is 9.78 Å². The molecule has 1 atom stereocenters. The van der Waals surface area contributed by atoms with Crippen LogP contribution in [0.3, 0.4) is 0 Å². The smallest absolute Gasteiger partial charge is 0.312 e. The lowest BCUT2D eigenvalue weighted by Gasteiger charge is -2.02. The summed E-state index contributed by atoms with van der Waals surface area (Å²) in [4.78, 5) is 15.1. The number of nitrogens with zero attached hydrogens (tertiary/aromatic N) is 1. The molecular weight excluding hydrogens is 305 g/mol. The first-order chi connectivity index (χ1) is 11.7. The molecule has 0 amide bonds. The fourth-order valence-corrected chi connectivity index (χ4v) is 2.27. The van der Waals surface area contributed by atoms with Crippen molar-refractivity contribution in [2.24, 2.45) is 5.92 Å². The van der Waals surface area contributed by atoms with E-state index in [4.69, 9.17) is 0 Å². The number of hydrogen-bond donors (Lipinski definition) is 0. The number of carbonyl (C=O) groups is 1. The van der Waals surface area contributed by atoms with Crippen molar-refractivity contribution in [3.63, 3.8) is 0 Å². The quantitative estimate of drug-likeness (QED) is 0.736. The molecule has 1 heterocycles. The van der Waals surface area contributed by atoms with Crippen LogP contribution in [0.25, 0.3) is 5.57 Å². The topological polar surface area (TPSA) is 39.2 Å². The van der Waals surface area contributed by atoms with Gasteiger partial charge >= 0.3 is 5.97 Å².